The Morgan fingerprint density at radius 1 is 1.12 bits per heavy atom. The number of pyridine rings is 1. The summed E-state index contributed by atoms with van der Waals surface area (Å²) in [7, 11) is 0. The van der Waals surface area contributed by atoms with Gasteiger partial charge >= 0.3 is 0 Å². The third kappa shape index (κ3) is 4.45. The molecule has 1 fully saturated rings. The maximum absolute atomic E-state index is 12.7. The molecule has 2 heterocycles. The number of nitrogens with one attached hydrogen (secondary N) is 1. The average Bonchev–Trinajstić information content (AvgIpc) is 2.68. The predicted octanol–water partition coefficient (Wildman–Crippen LogP) is 3.55. The number of aromatic nitrogens is 1. The molecular weight excluding hydrogens is 310 g/mol. The SMILES string of the molecule is CCC(=O)C1(Nc2ccccc2)CCN(CCc2ccccn2)CC1. The minimum absolute atomic E-state index is 0.320. The van der Waals surface area contributed by atoms with Gasteiger partial charge in [-0.15, -0.1) is 0 Å². The van der Waals surface area contributed by atoms with Crippen molar-refractivity contribution in [1.82, 2.24) is 9.88 Å². The largest absolute Gasteiger partial charge is 0.373 e. The van der Waals surface area contributed by atoms with Gasteiger partial charge in [-0.3, -0.25) is 9.78 Å². The molecule has 0 aliphatic carbocycles. The van der Waals surface area contributed by atoms with Gasteiger partial charge in [0.15, 0.2) is 5.78 Å². The second-order valence-electron chi connectivity index (χ2n) is 6.76. The van der Waals surface area contributed by atoms with Crippen molar-refractivity contribution in [2.24, 2.45) is 0 Å². The summed E-state index contributed by atoms with van der Waals surface area (Å²) in [5, 5.41) is 3.55. The van der Waals surface area contributed by atoms with Gasteiger partial charge in [0.2, 0.25) is 0 Å². The summed E-state index contributed by atoms with van der Waals surface area (Å²) in [6.45, 7) is 4.85. The molecule has 0 unspecified atom stereocenters. The van der Waals surface area contributed by atoms with Crippen LogP contribution in [-0.2, 0) is 11.2 Å². The molecule has 0 amide bonds. The molecule has 4 heteroatoms. The third-order valence-electron chi connectivity index (χ3n) is 5.13. The van der Waals surface area contributed by atoms with E-state index in [-0.39, 0.29) is 0 Å². The molecule has 1 aromatic carbocycles. The first-order valence-corrected chi connectivity index (χ1v) is 9.21. The van der Waals surface area contributed by atoms with Gasteiger partial charge in [0.05, 0.1) is 5.54 Å². The lowest BCUT2D eigenvalue weighted by Gasteiger charge is -2.42. The number of rotatable bonds is 7. The van der Waals surface area contributed by atoms with Crippen LogP contribution in [0, 0.1) is 0 Å². The van der Waals surface area contributed by atoms with Crippen LogP contribution in [0.1, 0.15) is 31.9 Å². The van der Waals surface area contributed by atoms with E-state index in [9.17, 15) is 4.79 Å². The molecule has 0 radical (unpaired) electrons. The van der Waals surface area contributed by atoms with Crippen LogP contribution in [0.5, 0.6) is 0 Å². The Labute approximate surface area is 150 Å². The quantitative estimate of drug-likeness (QED) is 0.839. The van der Waals surface area contributed by atoms with Gasteiger partial charge in [0, 0.05) is 50.1 Å². The standard InChI is InChI=1S/C21H27N3O/c1-2-20(25)21(23-19-9-4-3-5-10-19)12-16-24(17-13-21)15-11-18-8-6-7-14-22-18/h3-10,14,23H,2,11-13,15-17H2,1H3. The Morgan fingerprint density at radius 3 is 2.48 bits per heavy atom. The number of carbonyl (C=O) groups is 1. The first-order valence-electron chi connectivity index (χ1n) is 9.21. The monoisotopic (exact) mass is 337 g/mol. The summed E-state index contributed by atoms with van der Waals surface area (Å²) in [5.74, 6) is 0.320. The van der Waals surface area contributed by atoms with Crippen molar-refractivity contribution >= 4 is 11.5 Å². The van der Waals surface area contributed by atoms with Gasteiger partial charge < -0.3 is 10.2 Å². The number of carbonyl (C=O) groups excluding carboxylic acids is 1. The number of Topliss-reactive ketones (excluding diaryl/α,β-unsaturated/α-hetero) is 1. The van der Waals surface area contributed by atoms with E-state index >= 15 is 0 Å². The molecule has 1 aromatic heterocycles. The number of nitrogens with zero attached hydrogens (tertiary/aromatic N) is 2. The second kappa shape index (κ2) is 8.26. The van der Waals surface area contributed by atoms with Crippen LogP contribution in [0.15, 0.2) is 54.7 Å². The summed E-state index contributed by atoms with van der Waals surface area (Å²) in [6.07, 6.45) is 5.10. The van der Waals surface area contributed by atoms with E-state index in [0.29, 0.717) is 12.2 Å². The average molecular weight is 337 g/mol. The van der Waals surface area contributed by atoms with Crippen LogP contribution >= 0.6 is 0 Å². The molecule has 0 spiro atoms. The third-order valence-corrected chi connectivity index (χ3v) is 5.13. The number of ketones is 1. The smallest absolute Gasteiger partial charge is 0.157 e. The highest BCUT2D eigenvalue weighted by molar-refractivity contribution is 5.91. The van der Waals surface area contributed by atoms with Gasteiger partial charge in [-0.05, 0) is 37.1 Å². The lowest BCUT2D eigenvalue weighted by molar-refractivity contribution is -0.124. The number of hydrogen-bond acceptors (Lipinski definition) is 4. The van der Waals surface area contributed by atoms with Crippen molar-refractivity contribution in [1.29, 1.82) is 0 Å². The molecule has 3 rings (SSSR count). The Morgan fingerprint density at radius 2 is 1.84 bits per heavy atom. The fourth-order valence-corrected chi connectivity index (χ4v) is 3.59. The number of hydrogen-bond donors (Lipinski definition) is 1. The summed E-state index contributed by atoms with van der Waals surface area (Å²) >= 11 is 0. The number of anilines is 1. The van der Waals surface area contributed by atoms with E-state index in [0.717, 1.165) is 50.3 Å². The van der Waals surface area contributed by atoms with Crippen LogP contribution < -0.4 is 5.32 Å². The summed E-state index contributed by atoms with van der Waals surface area (Å²) < 4.78 is 0. The van der Waals surface area contributed by atoms with Crippen molar-refractivity contribution in [2.45, 2.75) is 38.1 Å². The van der Waals surface area contributed by atoms with Crippen LogP contribution in [-0.4, -0.2) is 40.8 Å². The van der Waals surface area contributed by atoms with Gasteiger partial charge in [-0.2, -0.15) is 0 Å². The normalized spacial score (nSPS) is 17.2. The molecule has 0 atom stereocenters. The number of benzene rings is 1. The van der Waals surface area contributed by atoms with Crippen molar-refractivity contribution in [3.63, 3.8) is 0 Å². The van der Waals surface area contributed by atoms with Gasteiger partial charge in [-0.1, -0.05) is 31.2 Å². The summed E-state index contributed by atoms with van der Waals surface area (Å²) in [4.78, 5) is 19.5. The predicted molar refractivity (Wildman–Crippen MR) is 102 cm³/mol. The summed E-state index contributed by atoms with van der Waals surface area (Å²) in [5.41, 5.74) is 1.75. The highest BCUT2D eigenvalue weighted by atomic mass is 16.1. The van der Waals surface area contributed by atoms with E-state index in [2.05, 4.69) is 21.3 Å². The fourth-order valence-electron chi connectivity index (χ4n) is 3.59. The van der Waals surface area contributed by atoms with Crippen LogP contribution in [0.25, 0.3) is 0 Å². The highest BCUT2D eigenvalue weighted by Gasteiger charge is 2.39. The number of piperidine rings is 1. The van der Waals surface area contributed by atoms with Crippen LogP contribution in [0.4, 0.5) is 5.69 Å². The fraction of sp³-hybridized carbons (Fsp3) is 0.429. The number of likely N-dealkylation sites (tertiary alicyclic amines) is 1. The topological polar surface area (TPSA) is 45.2 Å². The molecule has 132 valence electrons. The van der Waals surface area contributed by atoms with Crippen molar-refractivity contribution in [3.8, 4) is 0 Å². The van der Waals surface area contributed by atoms with E-state index in [4.69, 9.17) is 0 Å². The first kappa shape index (κ1) is 17.6. The van der Waals surface area contributed by atoms with Crippen molar-refractivity contribution < 1.29 is 4.79 Å². The second-order valence-corrected chi connectivity index (χ2v) is 6.76. The molecular formula is C21H27N3O. The molecule has 0 bridgehead atoms. The lowest BCUT2D eigenvalue weighted by atomic mass is 9.82. The molecule has 25 heavy (non-hydrogen) atoms. The maximum atomic E-state index is 12.7. The van der Waals surface area contributed by atoms with Gasteiger partial charge in [-0.25, -0.2) is 0 Å². The maximum Gasteiger partial charge on any atom is 0.157 e. The van der Waals surface area contributed by atoms with Crippen molar-refractivity contribution in [3.05, 3.63) is 60.4 Å². The van der Waals surface area contributed by atoms with Gasteiger partial charge in [0.1, 0.15) is 0 Å². The van der Waals surface area contributed by atoms with E-state index in [1.807, 2.05) is 55.6 Å². The van der Waals surface area contributed by atoms with E-state index < -0.39 is 5.54 Å². The molecule has 1 aliphatic rings. The molecule has 2 aromatic rings. The molecule has 1 aliphatic heterocycles. The summed E-state index contributed by atoms with van der Waals surface area (Å²) in [6, 6.07) is 16.2. The zero-order chi connectivity index (χ0) is 17.5. The molecule has 4 nitrogen and oxygen atoms in total. The Bertz CT molecular complexity index is 664. The van der Waals surface area contributed by atoms with E-state index in [1.165, 1.54) is 0 Å². The minimum atomic E-state index is -0.419. The lowest BCUT2D eigenvalue weighted by Crippen LogP contribution is -2.54. The molecule has 0 saturated carbocycles. The molecule has 1 saturated heterocycles. The van der Waals surface area contributed by atoms with Gasteiger partial charge in [0.25, 0.3) is 0 Å². The van der Waals surface area contributed by atoms with Crippen LogP contribution in [0.3, 0.4) is 0 Å². The number of para-hydroxylation sites is 1. The van der Waals surface area contributed by atoms with Crippen molar-refractivity contribution in [2.75, 3.05) is 25.0 Å². The highest BCUT2D eigenvalue weighted by Crippen LogP contribution is 2.29. The Kier molecular flexibility index (Phi) is 5.82. The minimum Gasteiger partial charge on any atom is -0.373 e. The Hall–Kier alpha value is -2.20. The zero-order valence-electron chi connectivity index (χ0n) is 14.9. The van der Waals surface area contributed by atoms with E-state index in [1.54, 1.807) is 0 Å². The molecule has 1 N–H and O–H groups in total. The Balaban J connectivity index is 1.60. The zero-order valence-corrected chi connectivity index (χ0v) is 14.9. The van der Waals surface area contributed by atoms with Crippen LogP contribution in [0.2, 0.25) is 0 Å². The first-order chi connectivity index (χ1) is 12.2.